The molecule has 0 aliphatic carbocycles. The number of carbonyl (C=O) groups is 1. The van der Waals surface area contributed by atoms with Crippen LogP contribution in [0.5, 0.6) is 0 Å². The Hall–Kier alpha value is -1.39. The molecule has 1 amide bonds. The molecule has 1 heterocycles. The van der Waals surface area contributed by atoms with Gasteiger partial charge in [0.05, 0.1) is 5.02 Å². The smallest absolute Gasteiger partial charge is 0.226 e. The Morgan fingerprint density at radius 2 is 1.97 bits per heavy atom. The number of benzene rings is 1. The highest BCUT2D eigenvalue weighted by molar-refractivity contribution is 6.30. The summed E-state index contributed by atoms with van der Waals surface area (Å²) in [4.78, 5) is 15.6. The van der Waals surface area contributed by atoms with Crippen molar-refractivity contribution in [2.45, 2.75) is 71.9 Å². The number of piperidine rings is 1. The van der Waals surface area contributed by atoms with Gasteiger partial charge in [0.25, 0.3) is 0 Å². The summed E-state index contributed by atoms with van der Waals surface area (Å²) in [7, 11) is 0. The van der Waals surface area contributed by atoms with Crippen molar-refractivity contribution in [1.29, 1.82) is 0 Å². The SMILES string of the molecule is C=CCCC(C)(C(=O)NC(C)(C)C)C1CCN(C(C)c2ccc(F)c(Cl)c2)CC1. The summed E-state index contributed by atoms with van der Waals surface area (Å²) in [6, 6.07) is 5.13. The zero-order valence-corrected chi connectivity index (χ0v) is 19.3. The third kappa shape index (κ3) is 6.05. The molecule has 1 fully saturated rings. The lowest BCUT2D eigenvalue weighted by molar-refractivity contribution is -0.136. The molecule has 1 aromatic carbocycles. The summed E-state index contributed by atoms with van der Waals surface area (Å²) < 4.78 is 13.5. The Kier molecular flexibility index (Phi) is 7.92. The topological polar surface area (TPSA) is 32.3 Å². The van der Waals surface area contributed by atoms with Crippen LogP contribution in [0.2, 0.25) is 5.02 Å². The largest absolute Gasteiger partial charge is 0.351 e. The van der Waals surface area contributed by atoms with Crippen molar-refractivity contribution in [3.8, 4) is 0 Å². The highest BCUT2D eigenvalue weighted by atomic mass is 35.5. The van der Waals surface area contributed by atoms with E-state index in [0.29, 0.717) is 5.92 Å². The van der Waals surface area contributed by atoms with Crippen molar-refractivity contribution < 1.29 is 9.18 Å². The van der Waals surface area contributed by atoms with Gasteiger partial charge in [-0.1, -0.05) is 30.7 Å². The lowest BCUT2D eigenvalue weighted by Gasteiger charge is -2.44. The summed E-state index contributed by atoms with van der Waals surface area (Å²) in [5.41, 5.74) is 0.370. The van der Waals surface area contributed by atoms with Gasteiger partial charge >= 0.3 is 0 Å². The first kappa shape index (κ1) is 23.9. The molecule has 162 valence electrons. The lowest BCUT2D eigenvalue weighted by Crippen LogP contribution is -2.52. The number of nitrogens with one attached hydrogen (secondary N) is 1. The van der Waals surface area contributed by atoms with E-state index in [0.717, 1.165) is 44.3 Å². The van der Waals surface area contributed by atoms with E-state index in [1.807, 2.05) is 32.9 Å². The van der Waals surface area contributed by atoms with Crippen LogP contribution in [0.25, 0.3) is 0 Å². The first-order valence-electron chi connectivity index (χ1n) is 10.6. The molecule has 0 aromatic heterocycles. The average molecular weight is 423 g/mol. The molecule has 5 heteroatoms. The van der Waals surface area contributed by atoms with Crippen molar-refractivity contribution in [3.63, 3.8) is 0 Å². The van der Waals surface area contributed by atoms with Crippen LogP contribution in [0, 0.1) is 17.2 Å². The fraction of sp³-hybridized carbons (Fsp3) is 0.625. The minimum atomic E-state index is -0.407. The van der Waals surface area contributed by atoms with Gasteiger partial charge in [-0.25, -0.2) is 4.39 Å². The monoisotopic (exact) mass is 422 g/mol. The van der Waals surface area contributed by atoms with E-state index in [2.05, 4.69) is 30.6 Å². The van der Waals surface area contributed by atoms with Gasteiger partial charge in [-0.3, -0.25) is 9.69 Å². The van der Waals surface area contributed by atoms with Crippen LogP contribution >= 0.6 is 11.6 Å². The number of nitrogens with zero attached hydrogens (tertiary/aromatic N) is 1. The first-order chi connectivity index (χ1) is 13.5. The van der Waals surface area contributed by atoms with Crippen molar-refractivity contribution in [1.82, 2.24) is 10.2 Å². The molecule has 2 unspecified atom stereocenters. The van der Waals surface area contributed by atoms with E-state index in [4.69, 9.17) is 11.6 Å². The summed E-state index contributed by atoms with van der Waals surface area (Å²) in [5, 5.41) is 3.37. The van der Waals surface area contributed by atoms with Gasteiger partial charge in [0.2, 0.25) is 5.91 Å². The lowest BCUT2D eigenvalue weighted by atomic mass is 9.68. The van der Waals surface area contributed by atoms with Gasteiger partial charge in [-0.15, -0.1) is 6.58 Å². The summed E-state index contributed by atoms with van der Waals surface area (Å²) in [6.07, 6.45) is 5.47. The molecule has 2 atom stereocenters. The molecule has 3 nitrogen and oxygen atoms in total. The molecule has 0 saturated carbocycles. The average Bonchev–Trinajstić information content (AvgIpc) is 2.66. The zero-order chi connectivity index (χ0) is 21.8. The molecule has 0 bridgehead atoms. The van der Waals surface area contributed by atoms with Crippen molar-refractivity contribution in [2.75, 3.05) is 13.1 Å². The minimum absolute atomic E-state index is 0.142. The third-order valence-corrected chi connectivity index (χ3v) is 6.57. The van der Waals surface area contributed by atoms with Gasteiger partial charge in [0.1, 0.15) is 5.82 Å². The number of hydrogen-bond acceptors (Lipinski definition) is 2. The maximum atomic E-state index is 13.5. The Labute approximate surface area is 180 Å². The number of carbonyl (C=O) groups excluding carboxylic acids is 1. The van der Waals surface area contributed by atoms with Gasteiger partial charge in [0, 0.05) is 17.0 Å². The highest BCUT2D eigenvalue weighted by Crippen LogP contribution is 2.41. The van der Waals surface area contributed by atoms with E-state index in [1.165, 1.54) is 6.07 Å². The summed E-state index contributed by atoms with van der Waals surface area (Å²) in [6.45, 7) is 16.0. The Balaban J connectivity index is 2.09. The Bertz CT molecular complexity index is 722. The fourth-order valence-electron chi connectivity index (χ4n) is 4.30. The highest BCUT2D eigenvalue weighted by Gasteiger charge is 2.43. The Morgan fingerprint density at radius 3 is 2.48 bits per heavy atom. The molecule has 29 heavy (non-hydrogen) atoms. The number of amides is 1. The van der Waals surface area contributed by atoms with Gasteiger partial charge in [-0.2, -0.15) is 0 Å². The van der Waals surface area contributed by atoms with Crippen LogP contribution in [0.1, 0.15) is 71.9 Å². The predicted octanol–water partition coefficient (Wildman–Crippen LogP) is 6.14. The quantitative estimate of drug-likeness (QED) is 0.535. The molecule has 1 saturated heterocycles. The van der Waals surface area contributed by atoms with E-state index < -0.39 is 5.41 Å². The first-order valence-corrected chi connectivity index (χ1v) is 11.0. The van der Waals surface area contributed by atoms with Crippen LogP contribution in [0.15, 0.2) is 30.9 Å². The predicted molar refractivity (Wildman–Crippen MR) is 120 cm³/mol. The number of likely N-dealkylation sites (tertiary alicyclic amines) is 1. The second kappa shape index (κ2) is 9.61. The van der Waals surface area contributed by atoms with Gasteiger partial charge < -0.3 is 5.32 Å². The maximum Gasteiger partial charge on any atom is 0.226 e. The molecule has 2 rings (SSSR count). The zero-order valence-electron chi connectivity index (χ0n) is 18.5. The van der Waals surface area contributed by atoms with E-state index in [9.17, 15) is 9.18 Å². The number of hydrogen-bond donors (Lipinski definition) is 1. The normalized spacial score (nSPS) is 19.4. The molecule has 1 N–H and O–H groups in total. The molecule has 1 aromatic rings. The second-order valence-electron chi connectivity index (χ2n) is 9.61. The maximum absolute atomic E-state index is 13.5. The number of halogens is 2. The molecule has 0 radical (unpaired) electrons. The minimum Gasteiger partial charge on any atom is -0.351 e. The van der Waals surface area contributed by atoms with E-state index >= 15 is 0 Å². The molecule has 1 aliphatic rings. The molecule has 1 aliphatic heterocycles. The van der Waals surface area contributed by atoms with Crippen molar-refractivity contribution in [3.05, 3.63) is 47.3 Å². The third-order valence-electron chi connectivity index (χ3n) is 6.28. The van der Waals surface area contributed by atoms with Crippen molar-refractivity contribution in [2.24, 2.45) is 11.3 Å². The second-order valence-corrected chi connectivity index (χ2v) is 10.0. The van der Waals surface area contributed by atoms with Crippen LogP contribution < -0.4 is 5.32 Å². The fourth-order valence-corrected chi connectivity index (χ4v) is 4.48. The van der Waals surface area contributed by atoms with Crippen LogP contribution in [-0.4, -0.2) is 29.4 Å². The van der Waals surface area contributed by atoms with Gasteiger partial charge in [-0.05, 0) is 90.1 Å². The van der Waals surface area contributed by atoms with E-state index in [1.54, 1.807) is 6.07 Å². The van der Waals surface area contributed by atoms with Crippen LogP contribution in [-0.2, 0) is 4.79 Å². The molecular weight excluding hydrogens is 387 g/mol. The van der Waals surface area contributed by atoms with Crippen LogP contribution in [0.4, 0.5) is 4.39 Å². The van der Waals surface area contributed by atoms with Crippen LogP contribution in [0.3, 0.4) is 0 Å². The number of allylic oxidation sites excluding steroid dienone is 1. The summed E-state index contributed by atoms with van der Waals surface area (Å²) >= 11 is 5.97. The molecule has 0 spiro atoms. The van der Waals surface area contributed by atoms with Gasteiger partial charge in [0.15, 0.2) is 0 Å². The summed E-state index contributed by atoms with van der Waals surface area (Å²) in [5.74, 6) is 0.0814. The standard InChI is InChI=1S/C24H36ClFN2O/c1-7-8-13-24(6,22(29)27-23(3,4)5)19-11-14-28(15-12-19)17(2)18-9-10-21(26)20(25)16-18/h7,9-10,16-17,19H,1,8,11-15H2,2-6H3,(H,27,29). The number of rotatable bonds is 7. The van der Waals surface area contributed by atoms with Crippen molar-refractivity contribution >= 4 is 17.5 Å². The van der Waals surface area contributed by atoms with E-state index in [-0.39, 0.29) is 28.3 Å². The molecular formula is C24H36ClFN2O. The Morgan fingerprint density at radius 1 is 1.34 bits per heavy atom.